The molecule has 2 heterocycles. The van der Waals surface area contributed by atoms with E-state index in [9.17, 15) is 19.3 Å². The van der Waals surface area contributed by atoms with Crippen molar-refractivity contribution in [3.8, 4) is 17.2 Å². The summed E-state index contributed by atoms with van der Waals surface area (Å²) in [6, 6.07) is 17.0. The maximum atomic E-state index is 13.4. The van der Waals surface area contributed by atoms with E-state index < -0.39 is 37.7 Å². The Morgan fingerprint density at radius 3 is 2.04 bits per heavy atom. The van der Waals surface area contributed by atoms with Gasteiger partial charge in [-0.25, -0.2) is 4.79 Å². The predicted molar refractivity (Wildman–Crippen MR) is 196 cm³/mol. The normalized spacial score (nSPS) is 17.1. The van der Waals surface area contributed by atoms with Crippen molar-refractivity contribution in [2.24, 2.45) is 5.18 Å². The van der Waals surface area contributed by atoms with E-state index in [1.165, 1.54) is 18.2 Å². The number of hydrogen-bond acceptors (Lipinski definition) is 10. The molecule has 1 spiro atoms. The summed E-state index contributed by atoms with van der Waals surface area (Å²) in [5, 5.41) is 3.03. The van der Waals surface area contributed by atoms with Crippen LogP contribution in [-0.2, 0) is 19.7 Å². The van der Waals surface area contributed by atoms with Crippen LogP contribution < -0.4 is 19.1 Å². The second kappa shape index (κ2) is 14.4. The first-order valence-electron chi connectivity index (χ1n) is 15.8. The molecular formula is C37H40Br2N2O8. The number of nitrogens with zero attached hydrogens (tertiary/aromatic N) is 2. The first kappa shape index (κ1) is 37.8. The van der Waals surface area contributed by atoms with Crippen LogP contribution in [0, 0.1) is 4.91 Å². The van der Waals surface area contributed by atoms with Gasteiger partial charge in [-0.2, -0.15) is 0 Å². The van der Waals surface area contributed by atoms with Crippen LogP contribution in [-0.4, -0.2) is 45.4 Å². The number of carbonyl (C=O) groups is 3. The predicted octanol–water partition coefficient (Wildman–Crippen LogP) is 9.03. The highest BCUT2D eigenvalue weighted by Gasteiger charge is 2.58. The largest absolute Gasteiger partial charge is 0.463 e. The van der Waals surface area contributed by atoms with Gasteiger partial charge < -0.3 is 23.8 Å². The molecule has 2 aliphatic heterocycles. The molecule has 12 heteroatoms. The van der Waals surface area contributed by atoms with Crippen LogP contribution in [0.1, 0.15) is 76.9 Å². The monoisotopic (exact) mass is 798 g/mol. The summed E-state index contributed by atoms with van der Waals surface area (Å²) < 4.78 is 21.5. The summed E-state index contributed by atoms with van der Waals surface area (Å²) in [6.07, 6.45) is 3.87. The second-order valence-electron chi connectivity index (χ2n) is 12.8. The van der Waals surface area contributed by atoms with E-state index in [0.29, 0.717) is 11.4 Å². The molecule has 3 aromatic rings. The Hall–Kier alpha value is -4.03. The lowest BCUT2D eigenvalue weighted by molar-refractivity contribution is -0.136. The highest BCUT2D eigenvalue weighted by Crippen LogP contribution is 2.55. The van der Waals surface area contributed by atoms with Crippen molar-refractivity contribution in [2.75, 3.05) is 18.1 Å². The number of anilines is 1. The quantitative estimate of drug-likeness (QED) is 0.0904. The van der Waals surface area contributed by atoms with Gasteiger partial charge in [-0.3, -0.25) is 9.59 Å². The van der Waals surface area contributed by atoms with Crippen LogP contribution >= 0.6 is 31.9 Å². The number of carbonyl (C=O) groups excluding carboxylic acids is 3. The molecule has 0 fully saturated rings. The summed E-state index contributed by atoms with van der Waals surface area (Å²) >= 11 is 6.54. The van der Waals surface area contributed by atoms with Crippen molar-refractivity contribution in [1.82, 2.24) is 0 Å². The SMILES string of the molecule is CC.CC(C)(Br)C(=O)Oc1cc(OC(=O)C(C)(C)Br)cc(C(=O)OCCN2c3ccccc3C(C)(C)C23C=Cc2cc(N=O)ccc2O3)c1. The lowest BCUT2D eigenvalue weighted by Gasteiger charge is -2.47. The van der Waals surface area contributed by atoms with Crippen LogP contribution in [0.15, 0.2) is 71.9 Å². The van der Waals surface area contributed by atoms with Crippen molar-refractivity contribution in [3.05, 3.63) is 88.3 Å². The van der Waals surface area contributed by atoms with Gasteiger partial charge in [0.25, 0.3) is 0 Å². The lowest BCUT2D eigenvalue weighted by atomic mass is 9.76. The number of fused-ring (bicyclic) bond motifs is 2. The highest BCUT2D eigenvalue weighted by atomic mass is 79.9. The molecule has 0 amide bonds. The zero-order valence-electron chi connectivity index (χ0n) is 28.8. The van der Waals surface area contributed by atoms with Gasteiger partial charge in [0.05, 0.1) is 17.5 Å². The Bertz CT molecular complexity index is 1750. The van der Waals surface area contributed by atoms with E-state index in [4.69, 9.17) is 18.9 Å². The van der Waals surface area contributed by atoms with E-state index in [0.717, 1.165) is 16.8 Å². The lowest BCUT2D eigenvalue weighted by Crippen LogP contribution is -2.60. The molecule has 0 aromatic heterocycles. The van der Waals surface area contributed by atoms with Gasteiger partial charge in [0, 0.05) is 17.3 Å². The van der Waals surface area contributed by atoms with Gasteiger partial charge in [0.1, 0.15) is 38.2 Å². The summed E-state index contributed by atoms with van der Waals surface area (Å²) in [7, 11) is 0. The molecule has 1 atom stereocenters. The zero-order chi connectivity index (χ0) is 36.4. The molecule has 10 nitrogen and oxygen atoms in total. The molecule has 0 N–H and O–H groups in total. The van der Waals surface area contributed by atoms with E-state index in [1.807, 2.05) is 50.3 Å². The molecule has 5 rings (SSSR count). The van der Waals surface area contributed by atoms with Gasteiger partial charge in [0.15, 0.2) is 0 Å². The average Bonchev–Trinajstić information content (AvgIpc) is 3.22. The minimum atomic E-state index is -1.00. The summed E-state index contributed by atoms with van der Waals surface area (Å²) in [5.41, 5.74) is 1.52. The molecule has 2 aliphatic rings. The molecule has 3 aromatic carbocycles. The minimum Gasteiger partial charge on any atom is -0.463 e. The van der Waals surface area contributed by atoms with Crippen molar-refractivity contribution in [1.29, 1.82) is 0 Å². The number of ether oxygens (including phenoxy) is 4. The highest BCUT2D eigenvalue weighted by molar-refractivity contribution is 9.10. The number of esters is 3. The van der Waals surface area contributed by atoms with E-state index in [-0.39, 0.29) is 30.2 Å². The van der Waals surface area contributed by atoms with E-state index in [1.54, 1.807) is 45.9 Å². The van der Waals surface area contributed by atoms with Gasteiger partial charge >= 0.3 is 17.9 Å². The molecule has 1 unspecified atom stereocenters. The Morgan fingerprint density at radius 1 is 0.878 bits per heavy atom. The van der Waals surface area contributed by atoms with Crippen molar-refractivity contribution < 1.29 is 33.3 Å². The Morgan fingerprint density at radius 2 is 1.47 bits per heavy atom. The number of para-hydroxylation sites is 1. The smallest absolute Gasteiger partial charge is 0.338 e. The fourth-order valence-corrected chi connectivity index (χ4v) is 5.67. The Labute approximate surface area is 303 Å². The molecular weight excluding hydrogens is 760 g/mol. The molecule has 0 saturated carbocycles. The minimum absolute atomic E-state index is 0.00803. The molecule has 0 bridgehead atoms. The topological polar surface area (TPSA) is 121 Å². The molecule has 49 heavy (non-hydrogen) atoms. The first-order valence-corrected chi connectivity index (χ1v) is 17.4. The van der Waals surface area contributed by atoms with E-state index in [2.05, 4.69) is 55.8 Å². The fourth-order valence-electron chi connectivity index (χ4n) is 5.51. The molecule has 0 radical (unpaired) electrons. The maximum Gasteiger partial charge on any atom is 0.338 e. The van der Waals surface area contributed by atoms with E-state index >= 15 is 0 Å². The first-order chi connectivity index (χ1) is 23.0. The fraction of sp³-hybridized carbons (Fsp3) is 0.378. The van der Waals surface area contributed by atoms with Crippen molar-refractivity contribution in [3.63, 3.8) is 0 Å². The molecule has 0 aliphatic carbocycles. The van der Waals surface area contributed by atoms with Crippen LogP contribution in [0.25, 0.3) is 6.08 Å². The third-order valence-corrected chi connectivity index (χ3v) is 8.72. The summed E-state index contributed by atoms with van der Waals surface area (Å²) in [5.74, 6) is -1.32. The zero-order valence-corrected chi connectivity index (χ0v) is 31.9. The number of hydrogen-bond donors (Lipinski definition) is 0. The van der Waals surface area contributed by atoms with Gasteiger partial charge in [-0.15, -0.1) is 4.91 Å². The summed E-state index contributed by atoms with van der Waals surface area (Å²) in [4.78, 5) is 51.8. The standard InChI is InChI=1S/C35H34Br2N2O8.C2H6/c1-32(2)26-9-7-8-10-27(26)39(35(32)14-13-21-17-23(38-43)11-12-28(21)47-35)15-16-44-29(40)22-18-24(45-30(41)33(3,4)36)20-25(19-22)46-31(42)34(5,6)37;1-2/h7-14,17-20H,15-16H2,1-6H3;1-2H3. The van der Waals surface area contributed by atoms with Crippen molar-refractivity contribution in [2.45, 2.75) is 75.2 Å². The van der Waals surface area contributed by atoms with Crippen LogP contribution in [0.3, 0.4) is 0 Å². The average molecular weight is 801 g/mol. The maximum absolute atomic E-state index is 13.4. The number of nitroso groups, excluding NO2 is 1. The van der Waals surface area contributed by atoms with Crippen molar-refractivity contribution >= 4 is 67.2 Å². The van der Waals surface area contributed by atoms with Crippen LogP contribution in [0.2, 0.25) is 0 Å². The number of rotatable bonds is 9. The number of benzene rings is 3. The van der Waals surface area contributed by atoms with Gasteiger partial charge in [-0.1, -0.05) is 63.9 Å². The van der Waals surface area contributed by atoms with Gasteiger partial charge in [0.2, 0.25) is 5.72 Å². The number of halogens is 2. The van der Waals surface area contributed by atoms with Crippen LogP contribution in [0.4, 0.5) is 11.4 Å². The Balaban J connectivity index is 0.00000265. The summed E-state index contributed by atoms with van der Waals surface area (Å²) in [6.45, 7) is 14.9. The van der Waals surface area contributed by atoms with Gasteiger partial charge in [-0.05, 0) is 101 Å². The number of alkyl halides is 2. The second-order valence-corrected chi connectivity index (χ2v) is 16.8. The Kier molecular flexibility index (Phi) is 11.1. The molecule has 260 valence electrons. The third-order valence-electron chi connectivity index (χ3n) is 8.07. The van der Waals surface area contributed by atoms with Crippen LogP contribution in [0.5, 0.6) is 17.2 Å². The molecule has 0 saturated heterocycles. The third kappa shape index (κ3) is 7.75.